The Morgan fingerprint density at radius 2 is 1.50 bits per heavy atom. The van der Waals surface area contributed by atoms with Gasteiger partial charge in [-0.1, -0.05) is 19.9 Å². The smallest absolute Gasteiger partial charge is 0.416 e. The number of hydrogen-bond donors (Lipinski definition) is 0. The maximum atomic E-state index is 13.0. The number of methoxy groups -OCH3 is 1. The number of nitrogens with zero attached hydrogens (tertiary/aromatic N) is 2. The molecule has 1 aliphatic rings. The fraction of sp³-hybridized carbons (Fsp3) is 0.440. The minimum absolute atomic E-state index is 0.0209. The van der Waals surface area contributed by atoms with Crippen molar-refractivity contribution in [3.05, 3.63) is 59.2 Å². The Balaban J connectivity index is 1.61. The Morgan fingerprint density at radius 3 is 2.03 bits per heavy atom. The van der Waals surface area contributed by atoms with E-state index in [1.165, 1.54) is 24.1 Å². The lowest BCUT2D eigenvalue weighted by Gasteiger charge is -2.35. The van der Waals surface area contributed by atoms with Crippen molar-refractivity contribution >= 4 is 11.8 Å². The zero-order chi connectivity index (χ0) is 24.9. The molecule has 0 bridgehead atoms. The number of amides is 2. The molecule has 0 N–H and O–H groups in total. The Labute approximate surface area is 197 Å². The van der Waals surface area contributed by atoms with Crippen molar-refractivity contribution in [3.63, 3.8) is 0 Å². The second-order valence-corrected chi connectivity index (χ2v) is 8.56. The fourth-order valence-electron chi connectivity index (χ4n) is 3.63. The molecular weight excluding hydrogens is 449 g/mol. The number of rotatable bonds is 7. The van der Waals surface area contributed by atoms with E-state index in [1.54, 1.807) is 23.1 Å². The lowest BCUT2D eigenvalue weighted by atomic mass is 10.1. The molecule has 2 amide bonds. The number of halogens is 3. The topological polar surface area (TPSA) is 59.1 Å². The van der Waals surface area contributed by atoms with Crippen molar-refractivity contribution in [2.45, 2.75) is 26.4 Å². The summed E-state index contributed by atoms with van der Waals surface area (Å²) in [7, 11) is 1.51. The molecule has 1 aliphatic heterocycles. The average molecular weight is 479 g/mol. The molecular formula is C25H29F3N2O4. The first-order valence-corrected chi connectivity index (χ1v) is 11.2. The van der Waals surface area contributed by atoms with Crippen LogP contribution in [0.3, 0.4) is 0 Å². The van der Waals surface area contributed by atoms with E-state index < -0.39 is 17.6 Å². The third-order valence-electron chi connectivity index (χ3n) is 5.65. The summed E-state index contributed by atoms with van der Waals surface area (Å²) in [6.07, 6.45) is -3.62. The molecule has 0 spiro atoms. The second-order valence-electron chi connectivity index (χ2n) is 8.56. The minimum atomic E-state index is -4.52. The van der Waals surface area contributed by atoms with Crippen LogP contribution < -0.4 is 9.47 Å². The van der Waals surface area contributed by atoms with Crippen LogP contribution in [0, 0.1) is 5.92 Å². The van der Waals surface area contributed by atoms with E-state index in [0.29, 0.717) is 29.6 Å². The van der Waals surface area contributed by atoms with Crippen molar-refractivity contribution in [3.8, 4) is 11.5 Å². The van der Waals surface area contributed by atoms with E-state index in [1.807, 2.05) is 0 Å². The van der Waals surface area contributed by atoms with E-state index in [4.69, 9.17) is 9.47 Å². The first-order valence-electron chi connectivity index (χ1n) is 11.2. The van der Waals surface area contributed by atoms with Crippen molar-refractivity contribution in [2.24, 2.45) is 5.92 Å². The predicted molar refractivity (Wildman–Crippen MR) is 121 cm³/mol. The van der Waals surface area contributed by atoms with Gasteiger partial charge in [-0.2, -0.15) is 13.2 Å². The van der Waals surface area contributed by atoms with E-state index in [-0.39, 0.29) is 37.6 Å². The highest BCUT2D eigenvalue weighted by Crippen LogP contribution is 2.31. The van der Waals surface area contributed by atoms with Crippen LogP contribution in [0.2, 0.25) is 0 Å². The van der Waals surface area contributed by atoms with Crippen LogP contribution in [0.15, 0.2) is 42.5 Å². The Kier molecular flexibility index (Phi) is 8.06. The van der Waals surface area contributed by atoms with Gasteiger partial charge in [0.25, 0.3) is 11.8 Å². The highest BCUT2D eigenvalue weighted by Gasteiger charge is 2.32. The SMILES string of the molecule is COc1cc(C(=O)N2CCN(C(=O)c3cccc(C(F)(F)F)c3)CC2)ccc1OCCC(C)C. The molecule has 34 heavy (non-hydrogen) atoms. The van der Waals surface area contributed by atoms with E-state index in [2.05, 4.69) is 13.8 Å². The number of carbonyl (C=O) groups excluding carboxylic acids is 2. The van der Waals surface area contributed by atoms with E-state index in [0.717, 1.165) is 18.6 Å². The molecule has 0 unspecified atom stereocenters. The molecule has 0 radical (unpaired) electrons. The number of benzene rings is 2. The molecule has 184 valence electrons. The molecule has 0 atom stereocenters. The van der Waals surface area contributed by atoms with Gasteiger partial charge in [0.2, 0.25) is 0 Å². The molecule has 1 saturated heterocycles. The fourth-order valence-corrected chi connectivity index (χ4v) is 3.63. The predicted octanol–water partition coefficient (Wildman–Crippen LogP) is 4.74. The van der Waals surface area contributed by atoms with Gasteiger partial charge < -0.3 is 19.3 Å². The van der Waals surface area contributed by atoms with Crippen LogP contribution in [0.1, 0.15) is 46.5 Å². The Hall–Kier alpha value is -3.23. The maximum Gasteiger partial charge on any atom is 0.416 e. The molecule has 2 aromatic carbocycles. The molecule has 9 heteroatoms. The Morgan fingerprint density at radius 1 is 0.912 bits per heavy atom. The molecule has 1 heterocycles. The van der Waals surface area contributed by atoms with E-state index in [9.17, 15) is 22.8 Å². The van der Waals surface area contributed by atoms with Crippen LogP contribution in [0.25, 0.3) is 0 Å². The van der Waals surface area contributed by atoms with Gasteiger partial charge in [0, 0.05) is 37.3 Å². The molecule has 0 saturated carbocycles. The summed E-state index contributed by atoms with van der Waals surface area (Å²) < 4.78 is 50.0. The molecule has 3 rings (SSSR count). The summed E-state index contributed by atoms with van der Waals surface area (Å²) in [4.78, 5) is 28.8. The van der Waals surface area contributed by atoms with Crippen molar-refractivity contribution in [2.75, 3.05) is 39.9 Å². The zero-order valence-corrected chi connectivity index (χ0v) is 19.5. The van der Waals surface area contributed by atoms with Crippen LogP contribution in [0.4, 0.5) is 13.2 Å². The van der Waals surface area contributed by atoms with Crippen LogP contribution in [0.5, 0.6) is 11.5 Å². The summed E-state index contributed by atoms with van der Waals surface area (Å²) in [5, 5.41) is 0. The molecule has 2 aromatic rings. The molecule has 0 aromatic heterocycles. The van der Waals surface area contributed by atoms with Crippen LogP contribution in [-0.4, -0.2) is 61.5 Å². The third kappa shape index (κ3) is 6.21. The van der Waals surface area contributed by atoms with Crippen LogP contribution in [-0.2, 0) is 6.18 Å². The van der Waals surface area contributed by atoms with Crippen molar-refractivity contribution in [1.82, 2.24) is 9.80 Å². The highest BCUT2D eigenvalue weighted by atomic mass is 19.4. The van der Waals surface area contributed by atoms with E-state index >= 15 is 0 Å². The number of piperazine rings is 1. The summed E-state index contributed by atoms with van der Waals surface area (Å²) in [6, 6.07) is 9.40. The lowest BCUT2D eigenvalue weighted by molar-refractivity contribution is -0.137. The monoisotopic (exact) mass is 478 g/mol. The van der Waals surface area contributed by atoms with Gasteiger partial charge in [0.1, 0.15) is 0 Å². The summed E-state index contributed by atoms with van der Waals surface area (Å²) in [6.45, 7) is 5.77. The summed E-state index contributed by atoms with van der Waals surface area (Å²) >= 11 is 0. The molecule has 0 aliphatic carbocycles. The molecule has 1 fully saturated rings. The lowest BCUT2D eigenvalue weighted by Crippen LogP contribution is -2.50. The zero-order valence-electron chi connectivity index (χ0n) is 19.5. The number of ether oxygens (including phenoxy) is 2. The maximum absolute atomic E-state index is 13.0. The van der Waals surface area contributed by atoms with Gasteiger partial charge in [-0.25, -0.2) is 0 Å². The number of hydrogen-bond acceptors (Lipinski definition) is 4. The van der Waals surface area contributed by atoms with Gasteiger partial charge >= 0.3 is 6.18 Å². The van der Waals surface area contributed by atoms with Gasteiger partial charge in [-0.05, 0) is 48.7 Å². The van der Waals surface area contributed by atoms with Crippen LogP contribution >= 0.6 is 0 Å². The largest absolute Gasteiger partial charge is 0.493 e. The number of alkyl halides is 3. The van der Waals surface area contributed by atoms with Gasteiger partial charge in [-0.3, -0.25) is 9.59 Å². The third-order valence-corrected chi connectivity index (χ3v) is 5.65. The Bertz CT molecular complexity index is 1020. The number of carbonyl (C=O) groups is 2. The van der Waals surface area contributed by atoms with Gasteiger partial charge in [0.15, 0.2) is 11.5 Å². The quantitative estimate of drug-likeness (QED) is 0.577. The second kappa shape index (κ2) is 10.8. The van der Waals surface area contributed by atoms with Gasteiger partial charge in [0.05, 0.1) is 19.3 Å². The first kappa shape index (κ1) is 25.4. The summed E-state index contributed by atoms with van der Waals surface area (Å²) in [5.41, 5.74) is -0.448. The minimum Gasteiger partial charge on any atom is -0.493 e. The van der Waals surface area contributed by atoms with Gasteiger partial charge in [-0.15, -0.1) is 0 Å². The van der Waals surface area contributed by atoms with Crippen molar-refractivity contribution in [1.29, 1.82) is 0 Å². The first-order chi connectivity index (χ1) is 16.1. The summed E-state index contributed by atoms with van der Waals surface area (Å²) in [5.74, 6) is 0.844. The highest BCUT2D eigenvalue weighted by molar-refractivity contribution is 5.96. The normalized spacial score (nSPS) is 14.3. The standard InChI is InChI=1S/C25H29F3N2O4/c1-17(2)9-14-34-21-8-7-19(16-22(21)33-3)24(32)30-12-10-29(11-13-30)23(31)18-5-4-6-20(15-18)25(26,27)28/h4-8,15-17H,9-14H2,1-3H3. The average Bonchev–Trinajstić information content (AvgIpc) is 2.82. The molecule has 6 nitrogen and oxygen atoms in total. The van der Waals surface area contributed by atoms with Crippen molar-refractivity contribution < 1.29 is 32.2 Å².